The second-order valence-corrected chi connectivity index (χ2v) is 4.92. The summed E-state index contributed by atoms with van der Waals surface area (Å²) in [5.74, 6) is 2.47. The highest BCUT2D eigenvalue weighted by atomic mass is 16.5. The topological polar surface area (TPSA) is 21.3 Å². The number of benzene rings is 1. The van der Waals surface area contributed by atoms with Gasteiger partial charge >= 0.3 is 0 Å². The van der Waals surface area contributed by atoms with Crippen LogP contribution in [0.3, 0.4) is 0 Å². The van der Waals surface area contributed by atoms with Gasteiger partial charge in [-0.05, 0) is 55.5 Å². The van der Waals surface area contributed by atoms with Crippen LogP contribution < -0.4 is 10.1 Å². The monoisotopic (exact) mass is 233 g/mol. The van der Waals surface area contributed by atoms with Gasteiger partial charge in [-0.25, -0.2) is 0 Å². The Morgan fingerprint density at radius 1 is 1.29 bits per heavy atom. The predicted octanol–water partition coefficient (Wildman–Crippen LogP) is 3.19. The Labute approximate surface area is 104 Å². The van der Waals surface area contributed by atoms with Crippen molar-refractivity contribution in [2.24, 2.45) is 5.92 Å². The number of hydrogen-bond donors (Lipinski definition) is 1. The highest BCUT2D eigenvalue weighted by molar-refractivity contribution is 5.30. The molecule has 1 aliphatic rings. The predicted molar refractivity (Wildman–Crippen MR) is 71.6 cm³/mol. The van der Waals surface area contributed by atoms with Gasteiger partial charge in [-0.1, -0.05) is 25.5 Å². The van der Waals surface area contributed by atoms with Gasteiger partial charge in [0.15, 0.2) is 0 Å². The summed E-state index contributed by atoms with van der Waals surface area (Å²) in [6.45, 7) is 4.60. The average Bonchev–Trinajstić information content (AvgIpc) is 2.40. The molecule has 94 valence electrons. The van der Waals surface area contributed by atoms with E-state index in [1.54, 1.807) is 7.11 Å². The normalized spacial score (nSPS) is 24.6. The molecule has 0 saturated carbocycles. The third-order valence-corrected chi connectivity index (χ3v) is 3.81. The molecule has 0 aliphatic carbocycles. The minimum atomic E-state index is 0.724. The Hall–Kier alpha value is -1.02. The van der Waals surface area contributed by atoms with Crippen LogP contribution in [0.15, 0.2) is 24.3 Å². The largest absolute Gasteiger partial charge is 0.497 e. The summed E-state index contributed by atoms with van der Waals surface area (Å²) in [5.41, 5.74) is 1.48. The summed E-state index contributed by atoms with van der Waals surface area (Å²) in [6, 6.07) is 8.63. The van der Waals surface area contributed by atoms with Crippen molar-refractivity contribution in [3.63, 3.8) is 0 Å². The van der Waals surface area contributed by atoms with Gasteiger partial charge in [0.25, 0.3) is 0 Å². The fourth-order valence-electron chi connectivity index (χ4n) is 2.89. The van der Waals surface area contributed by atoms with Crippen molar-refractivity contribution < 1.29 is 4.74 Å². The summed E-state index contributed by atoms with van der Waals surface area (Å²) in [5, 5.41) is 3.52. The lowest BCUT2D eigenvalue weighted by Gasteiger charge is -2.32. The maximum Gasteiger partial charge on any atom is 0.118 e. The molecule has 2 atom stereocenters. The molecule has 2 unspecified atom stereocenters. The van der Waals surface area contributed by atoms with Crippen molar-refractivity contribution in [1.82, 2.24) is 5.32 Å². The molecule has 2 heteroatoms. The number of piperidine rings is 1. The second-order valence-electron chi connectivity index (χ2n) is 4.92. The van der Waals surface area contributed by atoms with Crippen LogP contribution in [0.4, 0.5) is 0 Å². The summed E-state index contributed by atoms with van der Waals surface area (Å²) in [6.07, 6.45) is 3.86. The van der Waals surface area contributed by atoms with Crippen LogP contribution in [0.5, 0.6) is 5.75 Å². The molecule has 1 saturated heterocycles. The Morgan fingerprint density at radius 3 is 2.71 bits per heavy atom. The minimum Gasteiger partial charge on any atom is -0.497 e. The smallest absolute Gasteiger partial charge is 0.118 e. The number of nitrogens with one attached hydrogen (secondary N) is 1. The molecule has 0 spiro atoms. The van der Waals surface area contributed by atoms with Crippen LogP contribution >= 0.6 is 0 Å². The van der Waals surface area contributed by atoms with Crippen LogP contribution in [0.2, 0.25) is 0 Å². The Balaban J connectivity index is 2.11. The van der Waals surface area contributed by atoms with Crippen molar-refractivity contribution in [3.05, 3.63) is 29.8 Å². The van der Waals surface area contributed by atoms with Crippen LogP contribution in [-0.2, 0) is 0 Å². The average molecular weight is 233 g/mol. The van der Waals surface area contributed by atoms with E-state index < -0.39 is 0 Å². The molecular weight excluding hydrogens is 210 g/mol. The molecule has 0 amide bonds. The standard InChI is InChI=1S/C15H23NO/c1-3-4-13-11-16-10-9-15(13)12-5-7-14(17-2)8-6-12/h5-8,13,15-16H,3-4,9-11H2,1-2H3. The lowest BCUT2D eigenvalue weighted by atomic mass is 9.79. The minimum absolute atomic E-state index is 0.724. The molecule has 0 bridgehead atoms. The van der Waals surface area contributed by atoms with Gasteiger partial charge in [-0.2, -0.15) is 0 Å². The zero-order valence-corrected chi connectivity index (χ0v) is 10.9. The summed E-state index contributed by atoms with van der Waals surface area (Å²) >= 11 is 0. The van der Waals surface area contributed by atoms with Gasteiger partial charge < -0.3 is 10.1 Å². The first kappa shape index (κ1) is 12.4. The fraction of sp³-hybridized carbons (Fsp3) is 0.600. The molecular formula is C15H23NO. The molecule has 2 nitrogen and oxygen atoms in total. The second kappa shape index (κ2) is 6.06. The van der Waals surface area contributed by atoms with E-state index in [1.807, 2.05) is 0 Å². The van der Waals surface area contributed by atoms with Gasteiger partial charge in [-0.15, -0.1) is 0 Å². The third kappa shape index (κ3) is 3.01. The molecule has 1 aromatic rings. The van der Waals surface area contributed by atoms with Gasteiger partial charge in [0.2, 0.25) is 0 Å². The first-order valence-electron chi connectivity index (χ1n) is 6.69. The zero-order chi connectivity index (χ0) is 12.1. The van der Waals surface area contributed by atoms with Gasteiger partial charge in [-0.3, -0.25) is 0 Å². The highest BCUT2D eigenvalue weighted by Gasteiger charge is 2.25. The maximum atomic E-state index is 5.22. The molecule has 1 N–H and O–H groups in total. The molecule has 1 heterocycles. The quantitative estimate of drug-likeness (QED) is 0.862. The van der Waals surface area contributed by atoms with Crippen molar-refractivity contribution in [1.29, 1.82) is 0 Å². The molecule has 1 aromatic carbocycles. The molecule has 2 rings (SSSR count). The van der Waals surface area contributed by atoms with E-state index in [2.05, 4.69) is 36.5 Å². The maximum absolute atomic E-state index is 5.22. The van der Waals surface area contributed by atoms with E-state index in [1.165, 1.54) is 31.4 Å². The Kier molecular flexibility index (Phi) is 4.43. The Morgan fingerprint density at radius 2 is 2.06 bits per heavy atom. The summed E-state index contributed by atoms with van der Waals surface area (Å²) in [7, 11) is 1.72. The number of ether oxygens (including phenoxy) is 1. The van der Waals surface area contributed by atoms with E-state index in [-0.39, 0.29) is 0 Å². The summed E-state index contributed by atoms with van der Waals surface area (Å²) < 4.78 is 5.22. The van der Waals surface area contributed by atoms with E-state index in [4.69, 9.17) is 4.74 Å². The third-order valence-electron chi connectivity index (χ3n) is 3.81. The highest BCUT2D eigenvalue weighted by Crippen LogP contribution is 2.33. The van der Waals surface area contributed by atoms with E-state index in [0.717, 1.165) is 24.1 Å². The number of rotatable bonds is 4. The van der Waals surface area contributed by atoms with Crippen molar-refractivity contribution in [2.75, 3.05) is 20.2 Å². The molecule has 0 radical (unpaired) electrons. The van der Waals surface area contributed by atoms with Gasteiger partial charge in [0.05, 0.1) is 7.11 Å². The molecule has 1 aliphatic heterocycles. The number of hydrogen-bond acceptors (Lipinski definition) is 2. The molecule has 0 aromatic heterocycles. The van der Waals surface area contributed by atoms with E-state index in [0.29, 0.717) is 0 Å². The fourth-order valence-corrected chi connectivity index (χ4v) is 2.89. The van der Waals surface area contributed by atoms with E-state index in [9.17, 15) is 0 Å². The number of methoxy groups -OCH3 is 1. The molecule has 1 fully saturated rings. The van der Waals surface area contributed by atoms with Gasteiger partial charge in [0.1, 0.15) is 5.75 Å². The van der Waals surface area contributed by atoms with Crippen LogP contribution in [0.25, 0.3) is 0 Å². The van der Waals surface area contributed by atoms with Crippen molar-refractivity contribution in [2.45, 2.75) is 32.1 Å². The van der Waals surface area contributed by atoms with Crippen LogP contribution in [0.1, 0.15) is 37.7 Å². The van der Waals surface area contributed by atoms with E-state index >= 15 is 0 Å². The van der Waals surface area contributed by atoms with Crippen molar-refractivity contribution >= 4 is 0 Å². The van der Waals surface area contributed by atoms with Crippen LogP contribution in [-0.4, -0.2) is 20.2 Å². The summed E-state index contributed by atoms with van der Waals surface area (Å²) in [4.78, 5) is 0. The van der Waals surface area contributed by atoms with Crippen molar-refractivity contribution in [3.8, 4) is 5.75 Å². The first-order valence-corrected chi connectivity index (χ1v) is 6.69. The SMILES string of the molecule is CCCC1CNCCC1c1ccc(OC)cc1. The first-order chi connectivity index (χ1) is 8.35. The molecule has 17 heavy (non-hydrogen) atoms. The zero-order valence-electron chi connectivity index (χ0n) is 10.9. The van der Waals surface area contributed by atoms with Crippen LogP contribution in [0, 0.1) is 5.92 Å². The Bertz CT molecular complexity index is 331. The lowest BCUT2D eigenvalue weighted by molar-refractivity contribution is 0.306. The lowest BCUT2D eigenvalue weighted by Crippen LogP contribution is -2.35. The van der Waals surface area contributed by atoms with Gasteiger partial charge in [0, 0.05) is 0 Å².